The molecule has 0 bridgehead atoms. The molecule has 0 aliphatic rings. The zero-order valence-corrected chi connectivity index (χ0v) is 16.7. The van der Waals surface area contributed by atoms with Crippen molar-refractivity contribution in [3.8, 4) is 0 Å². The van der Waals surface area contributed by atoms with E-state index in [1.807, 2.05) is 80.5 Å². The normalized spacial score (nSPS) is 11.1. The molecule has 0 unspecified atom stereocenters. The molecule has 0 heterocycles. The summed E-state index contributed by atoms with van der Waals surface area (Å²) in [7, 11) is 7.90. The third-order valence-corrected chi connectivity index (χ3v) is 4.40. The van der Waals surface area contributed by atoms with Crippen LogP contribution in [0.4, 0.5) is 5.69 Å². The number of hydrogen-bond donors (Lipinski definition) is 0. The first-order valence-electron chi connectivity index (χ1n) is 7.46. The summed E-state index contributed by atoms with van der Waals surface area (Å²) >= 11 is 5.01. The van der Waals surface area contributed by atoms with Crippen molar-refractivity contribution in [1.82, 2.24) is 9.80 Å². The molecule has 0 aliphatic heterocycles. The van der Waals surface area contributed by atoms with Crippen LogP contribution in [0.5, 0.6) is 0 Å². The van der Waals surface area contributed by atoms with E-state index in [0.717, 1.165) is 21.0 Å². The Morgan fingerprint density at radius 3 is 2.00 bits per heavy atom. The number of hydrogen-bond acceptors (Lipinski definition) is 2. The molecule has 0 saturated heterocycles. The number of para-hydroxylation sites is 1. The molecule has 2 aromatic rings. The van der Waals surface area contributed by atoms with E-state index in [4.69, 9.17) is 9.98 Å². The Bertz CT molecular complexity index is 700. The van der Waals surface area contributed by atoms with Crippen molar-refractivity contribution in [2.75, 3.05) is 28.2 Å². The van der Waals surface area contributed by atoms with E-state index in [1.165, 1.54) is 0 Å². The fraction of sp³-hybridized carbons (Fsp3) is 0.222. The quantitative estimate of drug-likeness (QED) is 0.412. The number of benzene rings is 2. The van der Waals surface area contributed by atoms with Crippen molar-refractivity contribution < 1.29 is 0 Å². The maximum absolute atomic E-state index is 4.76. The first-order valence-corrected chi connectivity index (χ1v) is 9.07. The Kier molecular flexibility index (Phi) is 6.87. The molecule has 0 spiro atoms. The third-order valence-electron chi connectivity index (χ3n) is 3.00. The van der Waals surface area contributed by atoms with Crippen LogP contribution in [0.25, 0.3) is 0 Å². The molecule has 0 radical (unpaired) electrons. The van der Waals surface area contributed by atoms with Gasteiger partial charge in [0.2, 0.25) is 5.96 Å². The second-order valence-electron chi connectivity index (χ2n) is 5.49. The van der Waals surface area contributed by atoms with E-state index in [9.17, 15) is 0 Å². The van der Waals surface area contributed by atoms with E-state index < -0.39 is 0 Å². The largest absolute Gasteiger partial charge is 0.349 e. The van der Waals surface area contributed by atoms with E-state index >= 15 is 0 Å². The van der Waals surface area contributed by atoms with E-state index in [0.29, 0.717) is 5.17 Å². The first-order chi connectivity index (χ1) is 11.5. The third kappa shape index (κ3) is 5.69. The summed E-state index contributed by atoms with van der Waals surface area (Å²) in [5.74, 6) is 0.842. The van der Waals surface area contributed by atoms with Crippen LogP contribution in [0.15, 0.2) is 74.0 Å². The number of thioether (sulfide) groups is 1. The zero-order chi connectivity index (χ0) is 17.5. The van der Waals surface area contributed by atoms with Gasteiger partial charge in [0.1, 0.15) is 0 Å². The highest BCUT2D eigenvalue weighted by Crippen LogP contribution is 2.25. The second-order valence-corrected chi connectivity index (χ2v) is 7.44. The minimum atomic E-state index is 0.695. The Hall–Kier alpha value is -1.79. The lowest BCUT2D eigenvalue weighted by molar-refractivity contribution is 0.485. The van der Waals surface area contributed by atoms with Crippen LogP contribution in [0.3, 0.4) is 0 Å². The van der Waals surface area contributed by atoms with Crippen LogP contribution in [0, 0.1) is 0 Å². The molecule has 0 saturated carbocycles. The molecule has 4 nitrogen and oxygen atoms in total. The van der Waals surface area contributed by atoms with Crippen molar-refractivity contribution in [3.05, 3.63) is 59.1 Å². The molecule has 0 aromatic heterocycles. The molecule has 0 amide bonds. The van der Waals surface area contributed by atoms with E-state index in [-0.39, 0.29) is 0 Å². The van der Waals surface area contributed by atoms with Gasteiger partial charge in [0.25, 0.3) is 0 Å². The van der Waals surface area contributed by atoms with Crippen molar-refractivity contribution in [3.63, 3.8) is 0 Å². The Labute approximate surface area is 156 Å². The molecule has 0 N–H and O–H groups in total. The fourth-order valence-electron chi connectivity index (χ4n) is 1.98. The number of rotatable bonds is 2. The van der Waals surface area contributed by atoms with Crippen LogP contribution in [-0.4, -0.2) is 49.1 Å². The zero-order valence-electron chi connectivity index (χ0n) is 14.3. The number of halogens is 1. The number of aliphatic imine (C=N–C) groups is 2. The predicted molar refractivity (Wildman–Crippen MR) is 108 cm³/mol. The highest BCUT2D eigenvalue weighted by molar-refractivity contribution is 9.10. The van der Waals surface area contributed by atoms with Gasteiger partial charge in [-0.1, -0.05) is 34.1 Å². The Morgan fingerprint density at radius 1 is 0.875 bits per heavy atom. The summed E-state index contributed by atoms with van der Waals surface area (Å²) in [4.78, 5) is 14.5. The fourth-order valence-corrected chi connectivity index (χ4v) is 3.00. The lowest BCUT2D eigenvalue weighted by atomic mass is 10.3. The maximum atomic E-state index is 4.76. The second kappa shape index (κ2) is 8.89. The van der Waals surface area contributed by atoms with Gasteiger partial charge in [-0.15, -0.1) is 0 Å². The summed E-state index contributed by atoms with van der Waals surface area (Å²) in [6.07, 6.45) is 0. The van der Waals surface area contributed by atoms with Gasteiger partial charge in [-0.3, -0.25) is 0 Å². The van der Waals surface area contributed by atoms with Crippen LogP contribution in [0.1, 0.15) is 0 Å². The van der Waals surface area contributed by atoms with Crippen LogP contribution in [-0.2, 0) is 0 Å². The van der Waals surface area contributed by atoms with Gasteiger partial charge < -0.3 is 9.80 Å². The minimum absolute atomic E-state index is 0.695. The van der Waals surface area contributed by atoms with Gasteiger partial charge in [0, 0.05) is 37.6 Å². The van der Waals surface area contributed by atoms with Crippen LogP contribution < -0.4 is 0 Å². The highest BCUT2D eigenvalue weighted by atomic mass is 79.9. The number of nitrogens with zero attached hydrogens (tertiary/aromatic N) is 4. The summed E-state index contributed by atoms with van der Waals surface area (Å²) in [6, 6.07) is 18.0. The van der Waals surface area contributed by atoms with Gasteiger partial charge in [0.15, 0.2) is 5.17 Å². The lowest BCUT2D eigenvalue weighted by Crippen LogP contribution is -2.35. The van der Waals surface area contributed by atoms with Crippen molar-refractivity contribution in [1.29, 1.82) is 0 Å². The van der Waals surface area contributed by atoms with Gasteiger partial charge in [-0.25, -0.2) is 4.99 Å². The van der Waals surface area contributed by atoms with Crippen LogP contribution >= 0.6 is 27.7 Å². The molecular weight excluding hydrogens is 384 g/mol. The average Bonchev–Trinajstić information content (AvgIpc) is 2.55. The van der Waals surface area contributed by atoms with E-state index in [2.05, 4.69) is 28.1 Å². The van der Waals surface area contributed by atoms with Gasteiger partial charge in [0.05, 0.1) is 5.69 Å². The number of amidine groups is 1. The van der Waals surface area contributed by atoms with Gasteiger partial charge in [-0.2, -0.15) is 4.99 Å². The summed E-state index contributed by atoms with van der Waals surface area (Å²) < 4.78 is 1.05. The van der Waals surface area contributed by atoms with Crippen LogP contribution in [0.2, 0.25) is 0 Å². The summed E-state index contributed by atoms with van der Waals surface area (Å²) in [5.41, 5.74) is 0.887. The van der Waals surface area contributed by atoms with Crippen molar-refractivity contribution in [2.24, 2.45) is 9.98 Å². The molecule has 6 heteroatoms. The van der Waals surface area contributed by atoms with Gasteiger partial charge in [-0.05, 0) is 48.2 Å². The SMILES string of the molecule is CN(C)C(=NC(=Nc1ccccc1)Sc1ccc(Br)cc1)N(C)C. The average molecular weight is 405 g/mol. The summed E-state index contributed by atoms with van der Waals surface area (Å²) in [5, 5.41) is 0.695. The Balaban J connectivity index is 2.39. The molecule has 0 aliphatic carbocycles. The standard InChI is InChI=1S/C18H21BrN4S/c1-22(2)18(23(3)4)21-17(20-15-8-6-5-7-9-15)24-16-12-10-14(19)11-13-16/h5-13H,1-4H3. The van der Waals surface area contributed by atoms with Crippen molar-refractivity contribution in [2.45, 2.75) is 4.90 Å². The molecule has 24 heavy (non-hydrogen) atoms. The molecule has 2 rings (SSSR count). The minimum Gasteiger partial charge on any atom is -0.349 e. The lowest BCUT2D eigenvalue weighted by Gasteiger charge is -2.22. The highest BCUT2D eigenvalue weighted by Gasteiger charge is 2.09. The smallest absolute Gasteiger partial charge is 0.202 e. The molecule has 126 valence electrons. The van der Waals surface area contributed by atoms with Gasteiger partial charge >= 0.3 is 0 Å². The van der Waals surface area contributed by atoms with Crippen molar-refractivity contribution >= 4 is 44.5 Å². The monoisotopic (exact) mass is 404 g/mol. The maximum Gasteiger partial charge on any atom is 0.202 e. The Morgan fingerprint density at radius 2 is 1.46 bits per heavy atom. The van der Waals surface area contributed by atoms with E-state index in [1.54, 1.807) is 11.8 Å². The topological polar surface area (TPSA) is 31.2 Å². The number of guanidine groups is 1. The molecule has 0 atom stereocenters. The first kappa shape index (κ1) is 18.5. The molecule has 2 aromatic carbocycles. The predicted octanol–water partition coefficient (Wildman–Crippen LogP) is 4.71. The summed E-state index contributed by atoms with van der Waals surface area (Å²) in [6.45, 7) is 0. The molecular formula is C18H21BrN4S. The molecule has 0 fully saturated rings.